The van der Waals surface area contributed by atoms with Crippen molar-refractivity contribution in [2.24, 2.45) is 0 Å². The van der Waals surface area contributed by atoms with E-state index >= 15 is 0 Å². The molecule has 5 heteroatoms. The maximum Gasteiger partial charge on any atom is 0.277 e. The van der Waals surface area contributed by atoms with Crippen molar-refractivity contribution < 1.29 is 14.3 Å². The van der Waals surface area contributed by atoms with Gasteiger partial charge in [0.05, 0.1) is 17.8 Å². The van der Waals surface area contributed by atoms with Gasteiger partial charge in [-0.15, -0.1) is 0 Å². The summed E-state index contributed by atoms with van der Waals surface area (Å²) in [4.78, 5) is 29.6. The highest BCUT2D eigenvalue weighted by molar-refractivity contribution is 6.35. The molecule has 0 aliphatic carbocycles. The predicted octanol–water partition coefficient (Wildman–Crippen LogP) is 2.68. The number of morpholine rings is 1. The van der Waals surface area contributed by atoms with Gasteiger partial charge in [-0.2, -0.15) is 0 Å². The van der Waals surface area contributed by atoms with Crippen molar-refractivity contribution in [1.82, 2.24) is 9.80 Å². The molecule has 2 unspecified atom stereocenters. The molecule has 2 atom stereocenters. The van der Waals surface area contributed by atoms with E-state index in [-0.39, 0.29) is 24.0 Å². The number of rotatable bonds is 5. The summed E-state index contributed by atoms with van der Waals surface area (Å²) in [6.45, 7) is 7.78. The second-order valence-corrected chi connectivity index (χ2v) is 6.87. The van der Waals surface area contributed by atoms with E-state index in [2.05, 4.69) is 6.92 Å². The molecule has 2 aliphatic rings. The molecule has 2 aliphatic heterocycles. The van der Waals surface area contributed by atoms with Crippen molar-refractivity contribution >= 4 is 17.4 Å². The van der Waals surface area contributed by atoms with E-state index in [1.807, 2.05) is 49.1 Å². The van der Waals surface area contributed by atoms with E-state index in [0.29, 0.717) is 30.9 Å². The molecule has 1 saturated heterocycles. The molecule has 2 heterocycles. The van der Waals surface area contributed by atoms with Crippen molar-refractivity contribution in [1.29, 1.82) is 0 Å². The van der Waals surface area contributed by atoms with Gasteiger partial charge in [0.15, 0.2) is 0 Å². The minimum atomic E-state index is -0.175. The van der Waals surface area contributed by atoms with E-state index in [4.69, 9.17) is 4.74 Å². The molecule has 0 radical (unpaired) electrons. The van der Waals surface area contributed by atoms with Gasteiger partial charge in [0.25, 0.3) is 11.8 Å². The SMILES string of the molecule is CCCCN1C(=O)C(c2ccccc2)=C(N2CC(C)OC(C)C2)C1=O. The third-order valence-corrected chi connectivity index (χ3v) is 4.68. The summed E-state index contributed by atoms with van der Waals surface area (Å²) in [5.41, 5.74) is 1.87. The van der Waals surface area contributed by atoms with Crippen LogP contribution in [0.1, 0.15) is 39.2 Å². The van der Waals surface area contributed by atoms with Crippen LogP contribution in [0.4, 0.5) is 0 Å². The zero-order chi connectivity index (χ0) is 18.0. The predicted molar refractivity (Wildman–Crippen MR) is 96.6 cm³/mol. The van der Waals surface area contributed by atoms with Crippen LogP contribution in [0.2, 0.25) is 0 Å². The first-order valence-corrected chi connectivity index (χ1v) is 9.09. The van der Waals surface area contributed by atoms with Gasteiger partial charge < -0.3 is 9.64 Å². The number of carbonyl (C=O) groups is 2. The number of carbonyl (C=O) groups excluding carboxylic acids is 2. The van der Waals surface area contributed by atoms with Gasteiger partial charge in [-0.1, -0.05) is 43.7 Å². The lowest BCUT2D eigenvalue weighted by Gasteiger charge is -2.37. The number of ether oxygens (including phenoxy) is 1. The number of benzene rings is 1. The zero-order valence-electron chi connectivity index (χ0n) is 15.2. The van der Waals surface area contributed by atoms with Crippen LogP contribution in [0.25, 0.3) is 5.57 Å². The first-order valence-electron chi connectivity index (χ1n) is 9.09. The molecule has 25 heavy (non-hydrogen) atoms. The Labute approximate surface area is 149 Å². The summed E-state index contributed by atoms with van der Waals surface area (Å²) < 4.78 is 5.80. The number of unbranched alkanes of at least 4 members (excludes halogenated alkanes) is 1. The number of hydrogen-bond acceptors (Lipinski definition) is 4. The molecule has 0 N–H and O–H groups in total. The number of imide groups is 1. The van der Waals surface area contributed by atoms with Crippen molar-refractivity contribution in [3.05, 3.63) is 41.6 Å². The Balaban J connectivity index is 2.02. The number of hydrogen-bond donors (Lipinski definition) is 0. The second kappa shape index (κ2) is 7.40. The van der Waals surface area contributed by atoms with Gasteiger partial charge >= 0.3 is 0 Å². The molecule has 2 amide bonds. The molecule has 5 nitrogen and oxygen atoms in total. The standard InChI is InChI=1S/C20H26N2O3/c1-4-5-11-22-19(23)17(16-9-7-6-8-10-16)18(20(22)24)21-12-14(2)25-15(3)13-21/h6-10,14-15H,4-5,11-13H2,1-3H3. The van der Waals surface area contributed by atoms with E-state index in [1.165, 1.54) is 4.90 Å². The van der Waals surface area contributed by atoms with Gasteiger partial charge in [0.2, 0.25) is 0 Å². The molecule has 0 bridgehead atoms. The normalized spacial score (nSPS) is 24.4. The summed E-state index contributed by atoms with van der Waals surface area (Å²) in [5.74, 6) is -0.343. The molecule has 0 aromatic heterocycles. The zero-order valence-corrected chi connectivity index (χ0v) is 15.2. The fourth-order valence-corrected chi connectivity index (χ4v) is 3.60. The maximum atomic E-state index is 13.1. The Bertz CT molecular complexity index is 673. The van der Waals surface area contributed by atoms with Crippen molar-refractivity contribution in [3.63, 3.8) is 0 Å². The van der Waals surface area contributed by atoms with Crippen LogP contribution >= 0.6 is 0 Å². The van der Waals surface area contributed by atoms with E-state index in [9.17, 15) is 9.59 Å². The Morgan fingerprint density at radius 1 is 1.04 bits per heavy atom. The topological polar surface area (TPSA) is 49.9 Å². The minimum Gasteiger partial charge on any atom is -0.372 e. The third kappa shape index (κ3) is 3.47. The van der Waals surface area contributed by atoms with E-state index in [0.717, 1.165) is 18.4 Å². The van der Waals surface area contributed by atoms with Crippen LogP contribution in [0, 0.1) is 0 Å². The molecule has 1 fully saturated rings. The van der Waals surface area contributed by atoms with Crippen LogP contribution in [0.3, 0.4) is 0 Å². The van der Waals surface area contributed by atoms with E-state index in [1.54, 1.807) is 0 Å². The summed E-state index contributed by atoms with van der Waals surface area (Å²) in [7, 11) is 0. The van der Waals surface area contributed by atoms with Crippen LogP contribution in [-0.4, -0.2) is 53.5 Å². The van der Waals surface area contributed by atoms with Crippen LogP contribution in [0.15, 0.2) is 36.0 Å². The van der Waals surface area contributed by atoms with Gasteiger partial charge in [-0.3, -0.25) is 14.5 Å². The summed E-state index contributed by atoms with van der Waals surface area (Å²) in [6.07, 6.45) is 1.82. The highest BCUT2D eigenvalue weighted by Crippen LogP contribution is 2.33. The maximum absolute atomic E-state index is 13.1. The van der Waals surface area contributed by atoms with Crippen molar-refractivity contribution in [2.45, 2.75) is 45.8 Å². The highest BCUT2D eigenvalue weighted by Gasteiger charge is 2.42. The molecule has 1 aromatic rings. The fraction of sp³-hybridized carbons (Fsp3) is 0.500. The molecule has 1 aromatic carbocycles. The molecule has 134 valence electrons. The van der Waals surface area contributed by atoms with Gasteiger partial charge in [0.1, 0.15) is 5.70 Å². The molecule has 0 saturated carbocycles. The Hall–Kier alpha value is -2.14. The van der Waals surface area contributed by atoms with Gasteiger partial charge in [-0.25, -0.2) is 0 Å². The summed E-state index contributed by atoms with van der Waals surface area (Å²) >= 11 is 0. The largest absolute Gasteiger partial charge is 0.372 e. The van der Waals surface area contributed by atoms with Crippen molar-refractivity contribution in [2.75, 3.05) is 19.6 Å². The Morgan fingerprint density at radius 2 is 1.68 bits per heavy atom. The highest BCUT2D eigenvalue weighted by atomic mass is 16.5. The summed E-state index contributed by atoms with van der Waals surface area (Å²) in [6, 6.07) is 9.51. The lowest BCUT2D eigenvalue weighted by atomic mass is 10.0. The monoisotopic (exact) mass is 342 g/mol. The lowest BCUT2D eigenvalue weighted by Crippen LogP contribution is -2.47. The first-order chi connectivity index (χ1) is 12.0. The molecule has 0 spiro atoms. The quantitative estimate of drug-likeness (QED) is 0.772. The minimum absolute atomic E-state index is 0.0286. The van der Waals surface area contributed by atoms with Gasteiger partial charge in [0, 0.05) is 19.6 Å². The Kier molecular flexibility index (Phi) is 5.23. The van der Waals surface area contributed by atoms with Crippen LogP contribution < -0.4 is 0 Å². The van der Waals surface area contributed by atoms with Crippen molar-refractivity contribution in [3.8, 4) is 0 Å². The molecule has 3 rings (SSSR count). The van der Waals surface area contributed by atoms with Gasteiger partial charge in [-0.05, 0) is 25.8 Å². The average molecular weight is 342 g/mol. The molecular weight excluding hydrogens is 316 g/mol. The van der Waals surface area contributed by atoms with Crippen LogP contribution in [-0.2, 0) is 14.3 Å². The summed E-state index contributed by atoms with van der Waals surface area (Å²) in [5, 5.41) is 0. The second-order valence-electron chi connectivity index (χ2n) is 6.87. The van der Waals surface area contributed by atoms with Crippen LogP contribution in [0.5, 0.6) is 0 Å². The number of amides is 2. The first kappa shape index (κ1) is 17.7. The smallest absolute Gasteiger partial charge is 0.277 e. The Morgan fingerprint density at radius 3 is 2.28 bits per heavy atom. The number of nitrogens with zero attached hydrogens (tertiary/aromatic N) is 2. The van der Waals surface area contributed by atoms with E-state index < -0.39 is 0 Å². The third-order valence-electron chi connectivity index (χ3n) is 4.68. The average Bonchev–Trinajstić information content (AvgIpc) is 2.83. The fourth-order valence-electron chi connectivity index (χ4n) is 3.60. The molecular formula is C20H26N2O3. The lowest BCUT2D eigenvalue weighted by molar-refractivity contribution is -0.138.